The molecule has 158 valence electrons. The highest BCUT2D eigenvalue weighted by Crippen LogP contribution is 2.17. The minimum absolute atomic E-state index is 0.0451. The Bertz CT molecular complexity index is 1080. The number of rotatable bonds is 8. The Kier molecular flexibility index (Phi) is 6.88. The van der Waals surface area contributed by atoms with E-state index in [9.17, 15) is 14.7 Å². The van der Waals surface area contributed by atoms with E-state index in [1.165, 1.54) is 23.9 Å². The number of nitrogens with one attached hydrogen (secondary N) is 2. The van der Waals surface area contributed by atoms with Crippen molar-refractivity contribution in [1.82, 2.24) is 30.2 Å². The first-order valence-electron chi connectivity index (χ1n) is 9.50. The van der Waals surface area contributed by atoms with Crippen molar-refractivity contribution in [1.29, 1.82) is 0 Å². The average Bonchev–Trinajstić information content (AvgIpc) is 3.14. The molecule has 1 aromatic carbocycles. The van der Waals surface area contributed by atoms with Crippen molar-refractivity contribution in [2.75, 3.05) is 19.3 Å². The van der Waals surface area contributed by atoms with Gasteiger partial charge in [0.05, 0.1) is 6.42 Å². The second kappa shape index (κ2) is 9.57. The van der Waals surface area contributed by atoms with Crippen molar-refractivity contribution in [2.45, 2.75) is 31.8 Å². The molecule has 30 heavy (non-hydrogen) atoms. The predicted octanol–water partition coefficient (Wildman–Crippen LogP) is 1.65. The van der Waals surface area contributed by atoms with Crippen molar-refractivity contribution < 1.29 is 14.7 Å². The Morgan fingerprint density at radius 2 is 1.93 bits per heavy atom. The van der Waals surface area contributed by atoms with Gasteiger partial charge in [-0.3, -0.25) is 9.59 Å². The number of fused-ring (bicyclic) bond motifs is 1. The summed E-state index contributed by atoms with van der Waals surface area (Å²) in [5.74, 6) is 0.192. The lowest BCUT2D eigenvalue weighted by Crippen LogP contribution is -2.31. The maximum atomic E-state index is 12.4. The molecule has 3 N–H and O–H groups in total. The number of carbonyl (C=O) groups is 2. The molecule has 9 nitrogen and oxygen atoms in total. The molecule has 0 fully saturated rings. The third kappa shape index (κ3) is 5.07. The Hall–Kier alpha value is -3.14. The molecule has 3 aromatic rings. The highest BCUT2D eigenvalue weighted by molar-refractivity contribution is 7.98. The molecule has 10 heteroatoms. The normalized spacial score (nSPS) is 10.9. The molecule has 0 aliphatic heterocycles. The van der Waals surface area contributed by atoms with E-state index in [0.29, 0.717) is 36.0 Å². The summed E-state index contributed by atoms with van der Waals surface area (Å²) in [6, 6.07) is 6.16. The summed E-state index contributed by atoms with van der Waals surface area (Å²) in [5.41, 5.74) is 2.83. The quantitative estimate of drug-likeness (QED) is 0.368. The fourth-order valence-electron chi connectivity index (χ4n) is 3.02. The van der Waals surface area contributed by atoms with Gasteiger partial charge in [-0.1, -0.05) is 17.8 Å². The number of hydrogen-bond acceptors (Lipinski definition) is 7. The Balaban J connectivity index is 1.48. The summed E-state index contributed by atoms with van der Waals surface area (Å²) in [7, 11) is 0. The van der Waals surface area contributed by atoms with E-state index < -0.39 is 0 Å². The Morgan fingerprint density at radius 1 is 1.17 bits per heavy atom. The van der Waals surface area contributed by atoms with E-state index in [0.717, 1.165) is 17.0 Å². The van der Waals surface area contributed by atoms with Crippen LogP contribution >= 0.6 is 11.8 Å². The number of thioether (sulfide) groups is 1. The number of benzene rings is 1. The first-order chi connectivity index (χ1) is 14.4. The number of phenolic OH excluding ortho intramolecular Hbond substituents is 1. The summed E-state index contributed by atoms with van der Waals surface area (Å²) >= 11 is 1.44. The van der Waals surface area contributed by atoms with Crippen LogP contribution in [0.1, 0.15) is 33.7 Å². The summed E-state index contributed by atoms with van der Waals surface area (Å²) in [6.07, 6.45) is 2.69. The van der Waals surface area contributed by atoms with Gasteiger partial charge in [-0.2, -0.15) is 4.98 Å². The van der Waals surface area contributed by atoms with Gasteiger partial charge in [-0.15, -0.1) is 5.10 Å². The molecule has 2 amide bonds. The summed E-state index contributed by atoms with van der Waals surface area (Å²) in [5, 5.41) is 20.1. The van der Waals surface area contributed by atoms with Crippen LogP contribution in [0.15, 0.2) is 29.4 Å². The minimum atomic E-state index is -0.264. The van der Waals surface area contributed by atoms with Crippen LogP contribution in [0.3, 0.4) is 0 Å². The zero-order valence-electron chi connectivity index (χ0n) is 17.1. The van der Waals surface area contributed by atoms with Crippen molar-refractivity contribution >= 4 is 29.4 Å². The van der Waals surface area contributed by atoms with Crippen molar-refractivity contribution in [3.05, 3.63) is 46.8 Å². The smallest absolute Gasteiger partial charge is 0.253 e. The molecule has 2 heterocycles. The number of hydrogen-bond donors (Lipinski definition) is 3. The van der Waals surface area contributed by atoms with Crippen LogP contribution in [-0.2, 0) is 11.2 Å². The summed E-state index contributed by atoms with van der Waals surface area (Å²) in [6.45, 7) is 4.61. The molecule has 0 radical (unpaired) electrons. The minimum Gasteiger partial charge on any atom is -0.508 e. The van der Waals surface area contributed by atoms with Gasteiger partial charge >= 0.3 is 0 Å². The molecule has 0 saturated carbocycles. The van der Waals surface area contributed by atoms with Crippen molar-refractivity contribution in [3.8, 4) is 5.75 Å². The number of nitrogens with zero attached hydrogens (tertiary/aromatic N) is 4. The van der Waals surface area contributed by atoms with Gasteiger partial charge in [0.25, 0.3) is 11.7 Å². The van der Waals surface area contributed by atoms with E-state index in [-0.39, 0.29) is 24.0 Å². The third-order valence-corrected chi connectivity index (χ3v) is 5.16. The first-order valence-corrected chi connectivity index (χ1v) is 10.7. The molecule has 0 bridgehead atoms. The largest absolute Gasteiger partial charge is 0.508 e. The standard InChI is InChI=1S/C20H24N6O3S/c1-12-16(13(2)26-19(23-12)24-20(25-26)30-3)11-17(28)21-8-5-9-22-18(29)14-6-4-7-15(27)10-14/h4,6-7,10,27H,5,8-9,11H2,1-3H3,(H,21,28)(H,22,29). The molecular formula is C20H24N6O3S. The summed E-state index contributed by atoms with van der Waals surface area (Å²) in [4.78, 5) is 33.2. The number of aromatic hydroxyl groups is 1. The van der Waals surface area contributed by atoms with Crippen molar-refractivity contribution in [3.63, 3.8) is 0 Å². The molecule has 0 atom stereocenters. The van der Waals surface area contributed by atoms with E-state index in [2.05, 4.69) is 25.7 Å². The molecule has 0 aliphatic rings. The number of aromatic nitrogens is 4. The van der Waals surface area contributed by atoms with E-state index in [4.69, 9.17) is 0 Å². The maximum Gasteiger partial charge on any atom is 0.253 e. The second-order valence-electron chi connectivity index (χ2n) is 6.76. The highest BCUT2D eigenvalue weighted by Gasteiger charge is 2.15. The van der Waals surface area contributed by atoms with E-state index >= 15 is 0 Å². The Labute approximate surface area is 178 Å². The number of phenols is 1. The zero-order valence-corrected chi connectivity index (χ0v) is 17.9. The van der Waals surface area contributed by atoms with Crippen LogP contribution in [0.4, 0.5) is 0 Å². The highest BCUT2D eigenvalue weighted by atomic mass is 32.2. The van der Waals surface area contributed by atoms with Gasteiger partial charge in [-0.25, -0.2) is 9.50 Å². The number of aryl methyl sites for hydroxylation is 2. The second-order valence-corrected chi connectivity index (χ2v) is 7.53. The zero-order chi connectivity index (χ0) is 21.7. The van der Waals surface area contributed by atoms with Crippen LogP contribution in [0.25, 0.3) is 5.78 Å². The summed E-state index contributed by atoms with van der Waals surface area (Å²) < 4.78 is 1.67. The predicted molar refractivity (Wildman–Crippen MR) is 114 cm³/mol. The van der Waals surface area contributed by atoms with Crippen LogP contribution in [0.5, 0.6) is 5.75 Å². The van der Waals surface area contributed by atoms with Gasteiger partial charge in [0.2, 0.25) is 11.1 Å². The lowest BCUT2D eigenvalue weighted by atomic mass is 10.1. The third-order valence-electron chi connectivity index (χ3n) is 4.62. The fraction of sp³-hybridized carbons (Fsp3) is 0.350. The molecular weight excluding hydrogens is 404 g/mol. The number of carbonyl (C=O) groups excluding carboxylic acids is 2. The molecule has 0 saturated heterocycles. The maximum absolute atomic E-state index is 12.4. The van der Waals surface area contributed by atoms with Gasteiger partial charge in [0, 0.05) is 35.6 Å². The van der Waals surface area contributed by atoms with Gasteiger partial charge < -0.3 is 15.7 Å². The van der Waals surface area contributed by atoms with Gasteiger partial charge in [0.15, 0.2) is 0 Å². The molecule has 3 rings (SSSR count). The molecule has 0 unspecified atom stereocenters. The lowest BCUT2D eigenvalue weighted by Gasteiger charge is -2.11. The SMILES string of the molecule is CSc1nc2nc(C)c(CC(=O)NCCCNC(=O)c3cccc(O)c3)c(C)n2n1. The fourth-order valence-corrected chi connectivity index (χ4v) is 3.36. The lowest BCUT2D eigenvalue weighted by molar-refractivity contribution is -0.120. The van der Waals surface area contributed by atoms with Gasteiger partial charge in [-0.05, 0) is 44.7 Å². The Morgan fingerprint density at radius 3 is 2.67 bits per heavy atom. The number of amides is 2. The van der Waals surface area contributed by atoms with E-state index in [1.807, 2.05) is 20.1 Å². The topological polar surface area (TPSA) is 122 Å². The van der Waals surface area contributed by atoms with Crippen LogP contribution in [-0.4, -0.2) is 55.8 Å². The van der Waals surface area contributed by atoms with Crippen LogP contribution in [0.2, 0.25) is 0 Å². The average molecular weight is 429 g/mol. The molecule has 0 spiro atoms. The van der Waals surface area contributed by atoms with Gasteiger partial charge in [0.1, 0.15) is 5.75 Å². The first kappa shape index (κ1) is 21.6. The monoisotopic (exact) mass is 428 g/mol. The van der Waals surface area contributed by atoms with E-state index in [1.54, 1.807) is 16.6 Å². The van der Waals surface area contributed by atoms with Crippen molar-refractivity contribution in [2.24, 2.45) is 0 Å². The molecule has 0 aliphatic carbocycles. The molecule has 2 aromatic heterocycles. The van der Waals surface area contributed by atoms with Crippen LogP contribution < -0.4 is 10.6 Å². The van der Waals surface area contributed by atoms with Crippen LogP contribution in [0, 0.1) is 13.8 Å².